The smallest absolute Gasteiger partial charge is 0.0629 e. The fraction of sp³-hybridized carbons (Fsp3) is 0.533. The van der Waals surface area contributed by atoms with Crippen molar-refractivity contribution in [2.45, 2.75) is 51.4 Å². The summed E-state index contributed by atoms with van der Waals surface area (Å²) in [7, 11) is 0. The molecule has 0 spiro atoms. The Bertz CT molecular complexity index is 315. The van der Waals surface area contributed by atoms with E-state index in [9.17, 15) is 0 Å². The minimum absolute atomic E-state index is 1.12. The van der Waals surface area contributed by atoms with E-state index < -0.39 is 0 Å². The van der Waals surface area contributed by atoms with Gasteiger partial charge in [-0.25, -0.2) is 0 Å². The molecule has 1 fully saturated rings. The lowest BCUT2D eigenvalue weighted by Crippen LogP contribution is -1.97. The zero-order chi connectivity index (χ0) is 11.1. The van der Waals surface area contributed by atoms with Gasteiger partial charge in [0, 0.05) is 5.71 Å². The molecule has 16 heavy (non-hydrogen) atoms. The van der Waals surface area contributed by atoms with Crippen molar-refractivity contribution in [2.24, 2.45) is 4.99 Å². The largest absolute Gasteiger partial charge is 0.258 e. The number of para-hydroxylation sites is 1. The van der Waals surface area contributed by atoms with Crippen molar-refractivity contribution in [2.75, 3.05) is 0 Å². The van der Waals surface area contributed by atoms with E-state index in [4.69, 9.17) is 4.99 Å². The molecule has 2 rings (SSSR count). The molecule has 1 heteroatoms. The van der Waals surface area contributed by atoms with Gasteiger partial charge in [0.2, 0.25) is 0 Å². The lowest BCUT2D eigenvalue weighted by atomic mass is 10.1. The Balaban J connectivity index is 2.02. The van der Waals surface area contributed by atoms with Crippen LogP contribution in [0, 0.1) is 0 Å². The average Bonchev–Trinajstić information content (AvgIpc) is 2.45. The van der Waals surface area contributed by atoms with Gasteiger partial charge in [0.15, 0.2) is 0 Å². The van der Waals surface area contributed by atoms with E-state index in [2.05, 4.69) is 24.3 Å². The molecule has 0 aromatic heterocycles. The van der Waals surface area contributed by atoms with E-state index in [1.807, 2.05) is 6.07 Å². The molecule has 0 heterocycles. The summed E-state index contributed by atoms with van der Waals surface area (Å²) in [5.41, 5.74) is 2.53. The Kier molecular flexibility index (Phi) is 4.60. The van der Waals surface area contributed by atoms with Crippen LogP contribution in [0.15, 0.2) is 35.3 Å². The van der Waals surface area contributed by atoms with Crippen LogP contribution in [-0.4, -0.2) is 5.71 Å². The number of aliphatic imine (C=N–C) groups is 1. The number of hydrogen-bond donors (Lipinski definition) is 0. The van der Waals surface area contributed by atoms with Gasteiger partial charge >= 0.3 is 0 Å². The van der Waals surface area contributed by atoms with Gasteiger partial charge in [-0.05, 0) is 37.8 Å². The Hall–Kier alpha value is -1.11. The summed E-state index contributed by atoms with van der Waals surface area (Å²) in [6, 6.07) is 10.4. The normalized spacial score (nSPS) is 18.4. The maximum absolute atomic E-state index is 4.78. The monoisotopic (exact) mass is 215 g/mol. The summed E-state index contributed by atoms with van der Waals surface area (Å²) < 4.78 is 0. The first-order valence-electron chi connectivity index (χ1n) is 6.57. The minimum Gasteiger partial charge on any atom is -0.258 e. The van der Waals surface area contributed by atoms with Crippen LogP contribution in [-0.2, 0) is 0 Å². The molecule has 1 aromatic rings. The molecule has 0 radical (unpaired) electrons. The molecular formula is C15H21N. The van der Waals surface area contributed by atoms with Crippen molar-refractivity contribution in [3.05, 3.63) is 30.3 Å². The molecule has 86 valence electrons. The summed E-state index contributed by atoms with van der Waals surface area (Å²) in [6.07, 6.45) is 10.7. The van der Waals surface area contributed by atoms with Gasteiger partial charge in [-0.1, -0.05) is 43.9 Å². The first kappa shape index (κ1) is 11.4. The van der Waals surface area contributed by atoms with E-state index in [1.165, 1.54) is 57.1 Å². The Labute approximate surface area is 98.6 Å². The summed E-state index contributed by atoms with van der Waals surface area (Å²) >= 11 is 0. The summed E-state index contributed by atoms with van der Waals surface area (Å²) in [6.45, 7) is 0. The van der Waals surface area contributed by atoms with Crippen molar-refractivity contribution in [1.29, 1.82) is 0 Å². The molecule has 1 aliphatic rings. The van der Waals surface area contributed by atoms with Gasteiger partial charge in [-0.15, -0.1) is 0 Å². The average molecular weight is 215 g/mol. The Morgan fingerprint density at radius 2 is 1.25 bits per heavy atom. The van der Waals surface area contributed by atoms with Crippen LogP contribution in [0.1, 0.15) is 51.4 Å². The standard InChI is InChI=1S/C15H21N/c1-2-4-7-11-14(10-6-3-1)16-15-12-8-5-9-13-15/h5,8-9,12-13H,1-4,6-7,10-11H2. The zero-order valence-electron chi connectivity index (χ0n) is 9.99. The van der Waals surface area contributed by atoms with Gasteiger partial charge in [0.1, 0.15) is 0 Å². The molecule has 1 aromatic carbocycles. The van der Waals surface area contributed by atoms with E-state index in [-0.39, 0.29) is 0 Å². The van der Waals surface area contributed by atoms with Crippen LogP contribution in [0.3, 0.4) is 0 Å². The molecule has 0 saturated heterocycles. The van der Waals surface area contributed by atoms with Crippen molar-refractivity contribution in [1.82, 2.24) is 0 Å². The van der Waals surface area contributed by atoms with Crippen LogP contribution >= 0.6 is 0 Å². The van der Waals surface area contributed by atoms with Gasteiger partial charge < -0.3 is 0 Å². The van der Waals surface area contributed by atoms with Crippen LogP contribution in [0.25, 0.3) is 0 Å². The molecule has 1 saturated carbocycles. The second-order valence-corrected chi connectivity index (χ2v) is 4.63. The van der Waals surface area contributed by atoms with E-state index in [0.717, 1.165) is 5.69 Å². The first-order valence-corrected chi connectivity index (χ1v) is 6.57. The molecule has 0 N–H and O–H groups in total. The molecule has 0 unspecified atom stereocenters. The third kappa shape index (κ3) is 3.80. The van der Waals surface area contributed by atoms with E-state index >= 15 is 0 Å². The SMILES string of the molecule is c1ccc(N=C2CCCCCCCC2)cc1. The fourth-order valence-electron chi connectivity index (χ4n) is 2.29. The maximum atomic E-state index is 4.78. The highest BCUT2D eigenvalue weighted by Gasteiger charge is 2.04. The number of hydrogen-bond acceptors (Lipinski definition) is 1. The molecule has 1 nitrogen and oxygen atoms in total. The zero-order valence-corrected chi connectivity index (χ0v) is 9.99. The van der Waals surface area contributed by atoms with Crippen molar-refractivity contribution in [3.63, 3.8) is 0 Å². The molecule has 0 bridgehead atoms. The third-order valence-electron chi connectivity index (χ3n) is 3.22. The predicted molar refractivity (Wildman–Crippen MR) is 70.5 cm³/mol. The molecule has 0 amide bonds. The van der Waals surface area contributed by atoms with Crippen LogP contribution in [0.2, 0.25) is 0 Å². The lowest BCUT2D eigenvalue weighted by molar-refractivity contribution is 0.624. The molecule has 1 aliphatic carbocycles. The minimum atomic E-state index is 1.12. The van der Waals surface area contributed by atoms with E-state index in [0.29, 0.717) is 0 Å². The summed E-state index contributed by atoms with van der Waals surface area (Å²) in [5.74, 6) is 0. The van der Waals surface area contributed by atoms with Crippen molar-refractivity contribution in [3.8, 4) is 0 Å². The topological polar surface area (TPSA) is 12.4 Å². The highest BCUT2D eigenvalue weighted by Crippen LogP contribution is 2.18. The lowest BCUT2D eigenvalue weighted by Gasteiger charge is -2.04. The second kappa shape index (κ2) is 6.47. The summed E-state index contributed by atoms with van der Waals surface area (Å²) in [4.78, 5) is 4.78. The molecule has 0 aliphatic heterocycles. The number of benzene rings is 1. The molecule has 0 atom stereocenters. The summed E-state index contributed by atoms with van der Waals surface area (Å²) in [5, 5.41) is 0. The van der Waals surface area contributed by atoms with Crippen LogP contribution in [0.5, 0.6) is 0 Å². The van der Waals surface area contributed by atoms with Gasteiger partial charge in [-0.2, -0.15) is 0 Å². The quantitative estimate of drug-likeness (QED) is 0.632. The first-order chi connectivity index (χ1) is 7.95. The second-order valence-electron chi connectivity index (χ2n) is 4.63. The molecular weight excluding hydrogens is 194 g/mol. The van der Waals surface area contributed by atoms with Gasteiger partial charge in [0.05, 0.1) is 5.69 Å². The van der Waals surface area contributed by atoms with E-state index in [1.54, 1.807) is 0 Å². The fourth-order valence-corrected chi connectivity index (χ4v) is 2.29. The van der Waals surface area contributed by atoms with Crippen LogP contribution in [0.4, 0.5) is 5.69 Å². The number of nitrogens with zero attached hydrogens (tertiary/aromatic N) is 1. The predicted octanol–water partition coefficient (Wildman–Crippen LogP) is 4.89. The van der Waals surface area contributed by atoms with Crippen molar-refractivity contribution >= 4 is 11.4 Å². The number of rotatable bonds is 1. The van der Waals surface area contributed by atoms with Crippen LogP contribution < -0.4 is 0 Å². The highest BCUT2D eigenvalue weighted by atomic mass is 14.7. The Morgan fingerprint density at radius 3 is 1.88 bits per heavy atom. The highest BCUT2D eigenvalue weighted by molar-refractivity contribution is 5.86. The Morgan fingerprint density at radius 1 is 0.688 bits per heavy atom. The van der Waals surface area contributed by atoms with Gasteiger partial charge in [-0.3, -0.25) is 4.99 Å². The third-order valence-corrected chi connectivity index (χ3v) is 3.22. The van der Waals surface area contributed by atoms with Crippen molar-refractivity contribution < 1.29 is 0 Å². The maximum Gasteiger partial charge on any atom is 0.0629 e. The van der Waals surface area contributed by atoms with Gasteiger partial charge in [0.25, 0.3) is 0 Å².